The molecule has 0 bridgehead atoms. The number of hydrogen-bond donors (Lipinski definition) is 1. The lowest BCUT2D eigenvalue weighted by Gasteiger charge is -2.08. The van der Waals surface area contributed by atoms with E-state index in [1.54, 1.807) is 49.4 Å². The summed E-state index contributed by atoms with van der Waals surface area (Å²) in [7, 11) is 0. The molecule has 2 heterocycles. The summed E-state index contributed by atoms with van der Waals surface area (Å²) in [5.41, 5.74) is 1.65. The van der Waals surface area contributed by atoms with Gasteiger partial charge < -0.3 is 10.1 Å². The van der Waals surface area contributed by atoms with Crippen molar-refractivity contribution in [3.05, 3.63) is 58.4 Å². The molecule has 6 nitrogen and oxygen atoms in total. The van der Waals surface area contributed by atoms with Gasteiger partial charge in [0.1, 0.15) is 5.01 Å². The number of nitrogens with one attached hydrogen (secondary N) is 1. The molecule has 1 aromatic carbocycles. The van der Waals surface area contributed by atoms with Gasteiger partial charge in [0.25, 0.3) is 0 Å². The van der Waals surface area contributed by atoms with Crippen LogP contribution in [0.3, 0.4) is 0 Å². The number of ketones is 1. The lowest BCUT2D eigenvalue weighted by atomic mass is 10.1. The Balaban J connectivity index is 1.48. The van der Waals surface area contributed by atoms with Gasteiger partial charge in [0, 0.05) is 22.5 Å². The van der Waals surface area contributed by atoms with E-state index in [1.165, 1.54) is 11.3 Å². The maximum Gasteiger partial charge on any atom is 0.312 e. The van der Waals surface area contributed by atoms with Crippen LogP contribution >= 0.6 is 22.7 Å². The molecule has 0 fully saturated rings. The van der Waals surface area contributed by atoms with Gasteiger partial charge in [-0.15, -0.1) is 22.7 Å². The number of nitrogens with zero attached hydrogens (tertiary/aromatic N) is 1. The minimum absolute atomic E-state index is 0.0231. The molecule has 0 aliphatic carbocycles. The second-order valence-electron chi connectivity index (χ2n) is 6.60. The molecular formula is C21H20N2O4S2. The molecular weight excluding hydrogens is 408 g/mol. The van der Waals surface area contributed by atoms with Crippen molar-refractivity contribution < 1.29 is 19.1 Å². The highest BCUT2D eigenvalue weighted by molar-refractivity contribution is 7.20. The Morgan fingerprint density at radius 3 is 2.52 bits per heavy atom. The van der Waals surface area contributed by atoms with Crippen LogP contribution in [-0.2, 0) is 20.7 Å². The third-order valence-corrected chi connectivity index (χ3v) is 5.90. The Labute approximate surface area is 176 Å². The highest BCUT2D eigenvalue weighted by Gasteiger charge is 2.14. The van der Waals surface area contributed by atoms with Gasteiger partial charge >= 0.3 is 5.97 Å². The van der Waals surface area contributed by atoms with Gasteiger partial charge in [-0.3, -0.25) is 14.4 Å². The van der Waals surface area contributed by atoms with Crippen molar-refractivity contribution in [3.8, 4) is 9.88 Å². The van der Waals surface area contributed by atoms with Crippen molar-refractivity contribution in [1.82, 2.24) is 4.98 Å². The van der Waals surface area contributed by atoms with E-state index < -0.39 is 5.97 Å². The van der Waals surface area contributed by atoms with Gasteiger partial charge in [-0.25, -0.2) is 4.98 Å². The zero-order valence-corrected chi connectivity index (χ0v) is 17.6. The average Bonchev–Trinajstić information content (AvgIpc) is 3.38. The molecule has 0 spiro atoms. The number of esters is 1. The first-order chi connectivity index (χ1) is 13.9. The van der Waals surface area contributed by atoms with E-state index in [9.17, 15) is 14.4 Å². The topological polar surface area (TPSA) is 85.4 Å². The van der Waals surface area contributed by atoms with E-state index in [2.05, 4.69) is 10.3 Å². The van der Waals surface area contributed by atoms with Crippen LogP contribution in [0.5, 0.6) is 0 Å². The fourth-order valence-corrected chi connectivity index (χ4v) is 3.99. The number of ether oxygens (including phenoxy) is 1. The van der Waals surface area contributed by atoms with Crippen molar-refractivity contribution in [2.24, 2.45) is 5.92 Å². The quantitative estimate of drug-likeness (QED) is 0.424. The summed E-state index contributed by atoms with van der Waals surface area (Å²) in [6.45, 7) is 3.27. The molecule has 0 aliphatic heterocycles. The number of benzene rings is 1. The molecule has 2 aromatic heterocycles. The average molecular weight is 429 g/mol. The summed E-state index contributed by atoms with van der Waals surface area (Å²) >= 11 is 3.06. The minimum atomic E-state index is -0.498. The monoisotopic (exact) mass is 428 g/mol. The van der Waals surface area contributed by atoms with Gasteiger partial charge in [-0.2, -0.15) is 0 Å². The van der Waals surface area contributed by atoms with Gasteiger partial charge in [-0.05, 0) is 35.7 Å². The van der Waals surface area contributed by atoms with Crippen molar-refractivity contribution in [2.75, 3.05) is 11.9 Å². The Bertz CT molecular complexity index is 992. The standard InChI is InChI=1S/C21H20N2O4S2/c1-13(2)20(26)22-15-7-5-14(6-8-15)17(24)11-27-19(25)10-16-12-29-21(23-16)18-4-3-9-28-18/h3-9,12-13H,10-11H2,1-2H3,(H,22,26). The van der Waals surface area contributed by atoms with Crippen LogP contribution < -0.4 is 5.32 Å². The maximum absolute atomic E-state index is 12.2. The van der Waals surface area contributed by atoms with Crippen molar-refractivity contribution in [3.63, 3.8) is 0 Å². The predicted octanol–water partition coefficient (Wildman–Crippen LogP) is 4.43. The molecule has 29 heavy (non-hydrogen) atoms. The first-order valence-corrected chi connectivity index (χ1v) is 10.8. The van der Waals surface area contributed by atoms with Crippen LogP contribution in [0.2, 0.25) is 0 Å². The first kappa shape index (κ1) is 20.9. The van der Waals surface area contributed by atoms with E-state index in [-0.39, 0.29) is 30.6 Å². The van der Waals surface area contributed by atoms with Crippen LogP contribution in [0.4, 0.5) is 5.69 Å². The number of Topliss-reactive ketones (excluding diaryl/α,β-unsaturated/α-hetero) is 1. The summed E-state index contributed by atoms with van der Waals surface area (Å²) in [5, 5.41) is 7.42. The fraction of sp³-hybridized carbons (Fsp3) is 0.238. The van der Waals surface area contributed by atoms with Crippen LogP contribution in [0.25, 0.3) is 9.88 Å². The van der Waals surface area contributed by atoms with Gasteiger partial charge in [0.2, 0.25) is 5.91 Å². The number of anilines is 1. The van der Waals surface area contributed by atoms with Crippen LogP contribution in [0.1, 0.15) is 29.9 Å². The number of aromatic nitrogens is 1. The Morgan fingerprint density at radius 1 is 1.10 bits per heavy atom. The van der Waals surface area contributed by atoms with Crippen molar-refractivity contribution in [2.45, 2.75) is 20.3 Å². The van der Waals surface area contributed by atoms with Gasteiger partial charge in [-0.1, -0.05) is 19.9 Å². The second kappa shape index (κ2) is 9.58. The lowest BCUT2D eigenvalue weighted by Crippen LogP contribution is -2.18. The molecule has 1 amide bonds. The van der Waals surface area contributed by atoms with Crippen LogP contribution in [0.15, 0.2) is 47.2 Å². The molecule has 150 valence electrons. The molecule has 0 aliphatic rings. The van der Waals surface area contributed by atoms with E-state index in [0.29, 0.717) is 16.9 Å². The summed E-state index contributed by atoms with van der Waals surface area (Å²) in [6, 6.07) is 10.4. The molecule has 0 unspecified atom stereocenters. The predicted molar refractivity (Wildman–Crippen MR) is 114 cm³/mol. The summed E-state index contributed by atoms with van der Waals surface area (Å²) in [6.07, 6.45) is 0.0231. The normalized spacial score (nSPS) is 10.7. The molecule has 0 radical (unpaired) electrons. The summed E-state index contributed by atoms with van der Waals surface area (Å²) in [5.74, 6) is -1.03. The zero-order valence-electron chi connectivity index (χ0n) is 16.0. The number of rotatable bonds is 8. The second-order valence-corrected chi connectivity index (χ2v) is 8.41. The molecule has 0 atom stereocenters. The van der Waals surface area contributed by atoms with Crippen molar-refractivity contribution in [1.29, 1.82) is 0 Å². The Morgan fingerprint density at radius 2 is 1.86 bits per heavy atom. The highest BCUT2D eigenvalue weighted by Crippen LogP contribution is 2.27. The fourth-order valence-electron chi connectivity index (χ4n) is 2.36. The zero-order chi connectivity index (χ0) is 20.8. The third kappa shape index (κ3) is 5.82. The smallest absolute Gasteiger partial charge is 0.312 e. The number of thiazole rings is 1. The highest BCUT2D eigenvalue weighted by atomic mass is 32.1. The summed E-state index contributed by atoms with van der Waals surface area (Å²) < 4.78 is 5.10. The molecule has 0 saturated carbocycles. The number of carbonyl (C=O) groups excluding carboxylic acids is 3. The van der Waals surface area contributed by atoms with Gasteiger partial charge in [0.15, 0.2) is 12.4 Å². The van der Waals surface area contributed by atoms with Crippen LogP contribution in [-0.4, -0.2) is 29.3 Å². The lowest BCUT2D eigenvalue weighted by molar-refractivity contribution is -0.141. The van der Waals surface area contributed by atoms with Crippen LogP contribution in [0, 0.1) is 5.92 Å². The molecule has 3 rings (SSSR count). The number of carbonyl (C=O) groups is 3. The molecule has 8 heteroatoms. The molecule has 1 N–H and O–H groups in total. The van der Waals surface area contributed by atoms with Crippen molar-refractivity contribution >= 4 is 46.0 Å². The van der Waals surface area contributed by atoms with E-state index in [4.69, 9.17) is 4.74 Å². The van der Waals surface area contributed by atoms with E-state index in [1.807, 2.05) is 22.9 Å². The number of thiophene rings is 1. The maximum atomic E-state index is 12.2. The Kier molecular flexibility index (Phi) is 6.90. The molecule has 0 saturated heterocycles. The number of hydrogen-bond acceptors (Lipinski definition) is 7. The third-order valence-electron chi connectivity index (χ3n) is 3.97. The van der Waals surface area contributed by atoms with E-state index >= 15 is 0 Å². The summed E-state index contributed by atoms with van der Waals surface area (Å²) in [4.78, 5) is 41.4. The Hall–Kier alpha value is -2.84. The minimum Gasteiger partial charge on any atom is -0.457 e. The number of amides is 1. The van der Waals surface area contributed by atoms with Gasteiger partial charge in [0.05, 0.1) is 17.0 Å². The first-order valence-electron chi connectivity index (χ1n) is 9.00. The largest absolute Gasteiger partial charge is 0.457 e. The SMILES string of the molecule is CC(C)C(=O)Nc1ccc(C(=O)COC(=O)Cc2csc(-c3cccs3)n2)cc1. The van der Waals surface area contributed by atoms with E-state index in [0.717, 1.165) is 9.88 Å². The molecule has 3 aromatic rings.